The number of carbonyl (C=O) groups excluding carboxylic acids is 2. The lowest BCUT2D eigenvalue weighted by molar-refractivity contribution is 0.0448. The van der Waals surface area contributed by atoms with Crippen LogP contribution >= 0.6 is 0 Å². The van der Waals surface area contributed by atoms with E-state index in [9.17, 15) is 19.2 Å². The summed E-state index contributed by atoms with van der Waals surface area (Å²) in [5, 5.41) is 0. The van der Waals surface area contributed by atoms with E-state index in [2.05, 4.69) is 9.97 Å². The van der Waals surface area contributed by atoms with Crippen molar-refractivity contribution in [1.82, 2.24) is 23.7 Å². The molecule has 0 spiro atoms. The van der Waals surface area contributed by atoms with Gasteiger partial charge in [-0.25, -0.2) is 14.6 Å². The molecule has 0 saturated carbocycles. The Kier molecular flexibility index (Phi) is 5.53. The fourth-order valence-electron chi connectivity index (χ4n) is 3.11. The molecule has 10 heteroatoms. The second kappa shape index (κ2) is 7.90. The Labute approximate surface area is 165 Å². The molecule has 0 amide bonds. The Morgan fingerprint density at radius 3 is 2.59 bits per heavy atom. The van der Waals surface area contributed by atoms with Gasteiger partial charge in [0.25, 0.3) is 5.56 Å². The summed E-state index contributed by atoms with van der Waals surface area (Å²) in [5.74, 6) is -0.445. The van der Waals surface area contributed by atoms with E-state index in [1.807, 2.05) is 6.92 Å². The molecule has 3 aromatic rings. The SMILES string of the molecule is CCCCn1c(=O)[nH]c(=O)c2c1nc(COC(=O)c1cc(C(C)=O)cn1C)n2C. The number of nitrogens with zero attached hydrogens (tertiary/aromatic N) is 4. The lowest BCUT2D eigenvalue weighted by Crippen LogP contribution is -2.31. The van der Waals surface area contributed by atoms with Crippen molar-refractivity contribution in [2.24, 2.45) is 14.1 Å². The van der Waals surface area contributed by atoms with Crippen molar-refractivity contribution >= 4 is 22.9 Å². The summed E-state index contributed by atoms with van der Waals surface area (Å²) in [4.78, 5) is 55.0. The third-order valence-electron chi connectivity index (χ3n) is 4.79. The first-order valence-electron chi connectivity index (χ1n) is 9.27. The van der Waals surface area contributed by atoms with Crippen molar-refractivity contribution in [3.8, 4) is 0 Å². The van der Waals surface area contributed by atoms with Crippen molar-refractivity contribution in [3.05, 3.63) is 50.2 Å². The molecule has 0 aliphatic carbocycles. The maximum atomic E-state index is 12.4. The first-order valence-corrected chi connectivity index (χ1v) is 9.27. The van der Waals surface area contributed by atoms with Crippen molar-refractivity contribution < 1.29 is 14.3 Å². The highest BCUT2D eigenvalue weighted by molar-refractivity contribution is 5.97. The number of imidazole rings is 1. The average molecular weight is 401 g/mol. The largest absolute Gasteiger partial charge is 0.453 e. The zero-order valence-corrected chi connectivity index (χ0v) is 16.8. The molecule has 0 aliphatic rings. The summed E-state index contributed by atoms with van der Waals surface area (Å²) >= 11 is 0. The van der Waals surface area contributed by atoms with Gasteiger partial charge in [0.2, 0.25) is 0 Å². The topological polar surface area (TPSA) is 121 Å². The van der Waals surface area contributed by atoms with Crippen LogP contribution in [0.15, 0.2) is 21.9 Å². The number of ether oxygens (including phenoxy) is 1. The lowest BCUT2D eigenvalue weighted by atomic mass is 10.2. The third-order valence-corrected chi connectivity index (χ3v) is 4.79. The molecule has 1 N–H and O–H groups in total. The summed E-state index contributed by atoms with van der Waals surface area (Å²) in [6, 6.07) is 1.46. The molecule has 154 valence electrons. The molecule has 10 nitrogen and oxygen atoms in total. The molecule has 29 heavy (non-hydrogen) atoms. The standard InChI is InChI=1S/C19H23N5O5/c1-5-6-7-24-16-15(17(26)21-19(24)28)23(4)14(20-16)10-29-18(27)13-8-12(11(2)25)9-22(13)3/h8-9H,5-7,10H2,1-4H3,(H,21,26,28). The van der Waals surface area contributed by atoms with Crippen LogP contribution in [0.3, 0.4) is 0 Å². The van der Waals surface area contributed by atoms with Gasteiger partial charge < -0.3 is 13.9 Å². The predicted molar refractivity (Wildman–Crippen MR) is 105 cm³/mol. The van der Waals surface area contributed by atoms with Crippen LogP contribution in [0.5, 0.6) is 0 Å². The second-order valence-corrected chi connectivity index (χ2v) is 6.88. The van der Waals surface area contributed by atoms with Gasteiger partial charge in [-0.3, -0.25) is 19.1 Å². The smallest absolute Gasteiger partial charge is 0.355 e. The van der Waals surface area contributed by atoms with Crippen molar-refractivity contribution in [2.45, 2.75) is 39.8 Å². The number of H-pyrrole nitrogens is 1. The van der Waals surface area contributed by atoms with Crippen LogP contribution in [0.2, 0.25) is 0 Å². The molecule has 0 atom stereocenters. The molecule has 0 saturated heterocycles. The van der Waals surface area contributed by atoms with Crippen LogP contribution in [0.1, 0.15) is 53.4 Å². The number of nitrogens with one attached hydrogen (secondary N) is 1. The minimum atomic E-state index is -0.621. The predicted octanol–water partition coefficient (Wildman–Crippen LogP) is 1.12. The Morgan fingerprint density at radius 1 is 1.24 bits per heavy atom. The molecule has 0 aromatic carbocycles. The summed E-state index contributed by atoms with van der Waals surface area (Å²) in [7, 11) is 3.27. The molecule has 0 radical (unpaired) electrons. The molecule has 3 aromatic heterocycles. The minimum Gasteiger partial charge on any atom is -0.453 e. The zero-order valence-electron chi connectivity index (χ0n) is 16.8. The van der Waals surface area contributed by atoms with E-state index in [1.165, 1.54) is 26.7 Å². The molecular weight excluding hydrogens is 378 g/mol. The number of esters is 1. The number of aromatic amines is 1. The first kappa shape index (κ1) is 20.3. The highest BCUT2D eigenvalue weighted by Gasteiger charge is 2.19. The fourth-order valence-corrected chi connectivity index (χ4v) is 3.11. The number of hydrogen-bond acceptors (Lipinski definition) is 6. The number of aromatic nitrogens is 5. The van der Waals surface area contributed by atoms with Crippen LogP contribution in [-0.4, -0.2) is 35.4 Å². The molecule has 0 fully saturated rings. The van der Waals surface area contributed by atoms with E-state index in [0.29, 0.717) is 17.9 Å². The molecule has 3 heterocycles. The minimum absolute atomic E-state index is 0.153. The van der Waals surface area contributed by atoms with E-state index >= 15 is 0 Å². The summed E-state index contributed by atoms with van der Waals surface area (Å²) < 4.78 is 9.78. The van der Waals surface area contributed by atoms with Gasteiger partial charge >= 0.3 is 11.7 Å². The van der Waals surface area contributed by atoms with Gasteiger partial charge in [-0.05, 0) is 19.4 Å². The van der Waals surface area contributed by atoms with Gasteiger partial charge in [-0.2, -0.15) is 0 Å². The Hall–Kier alpha value is -3.43. The average Bonchev–Trinajstić information content (AvgIpc) is 3.20. The van der Waals surface area contributed by atoms with Crippen molar-refractivity contribution in [3.63, 3.8) is 0 Å². The van der Waals surface area contributed by atoms with E-state index < -0.39 is 17.2 Å². The maximum Gasteiger partial charge on any atom is 0.355 e. The van der Waals surface area contributed by atoms with Gasteiger partial charge in [-0.1, -0.05) is 13.3 Å². The van der Waals surface area contributed by atoms with Crippen LogP contribution in [0, 0.1) is 0 Å². The highest BCUT2D eigenvalue weighted by atomic mass is 16.5. The number of hydrogen-bond donors (Lipinski definition) is 1. The monoisotopic (exact) mass is 401 g/mol. The quantitative estimate of drug-likeness (QED) is 0.468. The van der Waals surface area contributed by atoms with Crippen LogP contribution in [0.25, 0.3) is 11.2 Å². The molecule has 3 rings (SSSR count). The lowest BCUT2D eigenvalue weighted by Gasteiger charge is -2.05. The number of unbranched alkanes of at least 4 members (excludes halogenated alkanes) is 1. The summed E-state index contributed by atoms with van der Waals surface area (Å²) in [5.41, 5.74) is 0.0836. The summed E-state index contributed by atoms with van der Waals surface area (Å²) in [6.07, 6.45) is 3.19. The van der Waals surface area contributed by atoms with Gasteiger partial charge in [0.15, 0.2) is 16.9 Å². The van der Waals surface area contributed by atoms with E-state index in [4.69, 9.17) is 4.74 Å². The molecule has 0 aliphatic heterocycles. The van der Waals surface area contributed by atoms with Gasteiger partial charge in [0.05, 0.1) is 0 Å². The highest BCUT2D eigenvalue weighted by Crippen LogP contribution is 2.14. The van der Waals surface area contributed by atoms with E-state index in [-0.39, 0.29) is 29.2 Å². The molecule has 0 bridgehead atoms. The maximum absolute atomic E-state index is 12.4. The van der Waals surface area contributed by atoms with Crippen molar-refractivity contribution in [1.29, 1.82) is 0 Å². The van der Waals surface area contributed by atoms with Gasteiger partial charge in [0.1, 0.15) is 18.1 Å². The number of fused-ring (bicyclic) bond motifs is 1. The normalized spacial score (nSPS) is 11.2. The number of carbonyl (C=O) groups is 2. The fraction of sp³-hybridized carbons (Fsp3) is 0.421. The number of ketones is 1. The van der Waals surface area contributed by atoms with Gasteiger partial charge in [-0.15, -0.1) is 0 Å². The van der Waals surface area contributed by atoms with Crippen LogP contribution < -0.4 is 11.2 Å². The Balaban J connectivity index is 1.91. The second-order valence-electron chi connectivity index (χ2n) is 6.88. The summed E-state index contributed by atoms with van der Waals surface area (Å²) in [6.45, 7) is 3.65. The van der Waals surface area contributed by atoms with E-state index in [0.717, 1.165) is 12.8 Å². The van der Waals surface area contributed by atoms with E-state index in [1.54, 1.807) is 20.3 Å². The number of rotatable bonds is 7. The zero-order chi connectivity index (χ0) is 21.3. The number of Topliss-reactive ketones (excluding diaryl/α,β-unsaturated/α-hetero) is 1. The third kappa shape index (κ3) is 3.78. The Morgan fingerprint density at radius 2 is 1.97 bits per heavy atom. The van der Waals surface area contributed by atoms with Gasteiger partial charge in [0, 0.05) is 32.4 Å². The van der Waals surface area contributed by atoms with Crippen LogP contribution in [-0.2, 0) is 32.0 Å². The van der Waals surface area contributed by atoms with Crippen molar-refractivity contribution in [2.75, 3.05) is 0 Å². The Bertz CT molecular complexity index is 1210. The molecular formula is C19H23N5O5. The first-order chi connectivity index (χ1) is 13.7. The number of aryl methyl sites for hydroxylation is 3. The van der Waals surface area contributed by atoms with Crippen LogP contribution in [0.4, 0.5) is 0 Å². The molecule has 0 unspecified atom stereocenters.